The number of hydrogen-bond donors (Lipinski definition) is 1. The Labute approximate surface area is 122 Å². The van der Waals surface area contributed by atoms with E-state index in [0.29, 0.717) is 12.5 Å². The van der Waals surface area contributed by atoms with Crippen LogP contribution >= 0.6 is 11.3 Å². The number of rotatable bonds is 6. The van der Waals surface area contributed by atoms with E-state index in [1.807, 2.05) is 0 Å². The van der Waals surface area contributed by atoms with Gasteiger partial charge in [-0.15, -0.1) is 11.3 Å². The van der Waals surface area contributed by atoms with Crippen molar-refractivity contribution in [2.24, 2.45) is 5.92 Å². The fraction of sp³-hybridized carbons (Fsp3) is 0.400. The van der Waals surface area contributed by atoms with Crippen molar-refractivity contribution in [3.63, 3.8) is 0 Å². The molecule has 0 fully saturated rings. The van der Waals surface area contributed by atoms with Crippen molar-refractivity contribution in [1.29, 1.82) is 0 Å². The topological polar surface area (TPSA) is 51.5 Å². The van der Waals surface area contributed by atoms with Crippen LogP contribution in [0, 0.1) is 5.92 Å². The zero-order chi connectivity index (χ0) is 14.5. The molecule has 5 heteroatoms. The highest BCUT2D eigenvalue weighted by Crippen LogP contribution is 2.26. The van der Waals surface area contributed by atoms with Gasteiger partial charge in [-0.05, 0) is 29.5 Å². The number of carbonyl (C=O) groups excluding carboxylic acids is 1. The fourth-order valence-corrected chi connectivity index (χ4v) is 3.00. The van der Waals surface area contributed by atoms with Crippen LogP contribution in [0.25, 0.3) is 0 Å². The average molecular weight is 293 g/mol. The molecule has 2 rings (SSSR count). The van der Waals surface area contributed by atoms with Crippen molar-refractivity contribution in [3.05, 3.63) is 46.0 Å². The van der Waals surface area contributed by atoms with E-state index in [-0.39, 0.29) is 11.8 Å². The Bertz CT molecular complexity index is 545. The summed E-state index contributed by atoms with van der Waals surface area (Å²) in [6, 6.07) is 7.90. The Kier molecular flexibility index (Phi) is 4.98. The van der Waals surface area contributed by atoms with Crippen molar-refractivity contribution >= 4 is 17.3 Å². The summed E-state index contributed by atoms with van der Waals surface area (Å²) in [5.41, 5.74) is 0. The van der Waals surface area contributed by atoms with Crippen molar-refractivity contribution in [3.8, 4) is 0 Å². The molecule has 0 saturated heterocycles. The molecule has 2 heterocycles. The first-order valence-corrected chi connectivity index (χ1v) is 7.43. The van der Waals surface area contributed by atoms with Gasteiger partial charge in [0.25, 0.3) is 0 Å². The highest BCUT2D eigenvalue weighted by molar-refractivity contribution is 7.10. The summed E-state index contributed by atoms with van der Waals surface area (Å²) in [5, 5.41) is 5.55. The lowest BCUT2D eigenvalue weighted by atomic mass is 10.0. The van der Waals surface area contributed by atoms with Crippen LogP contribution in [-0.2, 0) is 11.3 Å². The lowest BCUT2D eigenvalue weighted by Gasteiger charge is -2.20. The number of carbonyl (C=O) groups is 1. The summed E-state index contributed by atoms with van der Waals surface area (Å²) < 4.78 is 10.1. The minimum atomic E-state index is -0.449. The summed E-state index contributed by atoms with van der Waals surface area (Å²) in [7, 11) is 1.34. The van der Waals surface area contributed by atoms with Gasteiger partial charge in [0.15, 0.2) is 0 Å². The van der Waals surface area contributed by atoms with Crippen LogP contribution in [-0.4, -0.2) is 13.1 Å². The normalized spacial score (nSPS) is 12.6. The molecular weight excluding hydrogens is 274 g/mol. The predicted molar refractivity (Wildman–Crippen MR) is 78.8 cm³/mol. The van der Waals surface area contributed by atoms with Crippen molar-refractivity contribution in [2.45, 2.75) is 26.4 Å². The number of furan rings is 1. The molecule has 1 atom stereocenters. The van der Waals surface area contributed by atoms with Crippen LogP contribution in [0.3, 0.4) is 0 Å². The minimum absolute atomic E-state index is 0.238. The van der Waals surface area contributed by atoms with E-state index in [2.05, 4.69) is 41.4 Å². The van der Waals surface area contributed by atoms with Crippen molar-refractivity contribution in [2.75, 3.05) is 7.11 Å². The largest absolute Gasteiger partial charge is 0.463 e. The third kappa shape index (κ3) is 3.49. The van der Waals surface area contributed by atoms with Gasteiger partial charge in [0.05, 0.1) is 13.7 Å². The number of esters is 1. The second-order valence-corrected chi connectivity index (χ2v) is 5.85. The fourth-order valence-electron chi connectivity index (χ4n) is 2.03. The number of hydrogen-bond acceptors (Lipinski definition) is 5. The lowest BCUT2D eigenvalue weighted by molar-refractivity contribution is 0.0562. The first-order valence-electron chi connectivity index (χ1n) is 6.55. The second-order valence-electron chi connectivity index (χ2n) is 4.88. The lowest BCUT2D eigenvalue weighted by Crippen LogP contribution is -2.24. The van der Waals surface area contributed by atoms with Gasteiger partial charge in [-0.25, -0.2) is 4.79 Å². The molecule has 108 valence electrons. The first-order chi connectivity index (χ1) is 9.61. The maximum Gasteiger partial charge on any atom is 0.373 e. The molecule has 4 nitrogen and oxygen atoms in total. The molecule has 0 amide bonds. The van der Waals surface area contributed by atoms with E-state index in [1.54, 1.807) is 23.5 Å². The molecule has 0 aromatic carbocycles. The van der Waals surface area contributed by atoms with Gasteiger partial charge >= 0.3 is 5.97 Å². The van der Waals surface area contributed by atoms with E-state index < -0.39 is 5.97 Å². The van der Waals surface area contributed by atoms with E-state index >= 15 is 0 Å². The van der Waals surface area contributed by atoms with Gasteiger partial charge < -0.3 is 14.5 Å². The van der Waals surface area contributed by atoms with Gasteiger partial charge in [0, 0.05) is 10.9 Å². The van der Waals surface area contributed by atoms with Crippen LogP contribution < -0.4 is 5.32 Å². The zero-order valence-corrected chi connectivity index (χ0v) is 12.7. The molecule has 0 unspecified atom stereocenters. The van der Waals surface area contributed by atoms with E-state index in [1.165, 1.54) is 12.0 Å². The Hall–Kier alpha value is -1.59. The molecule has 0 aliphatic heterocycles. The van der Waals surface area contributed by atoms with Gasteiger partial charge in [-0.2, -0.15) is 0 Å². The van der Waals surface area contributed by atoms with Crippen molar-refractivity contribution in [1.82, 2.24) is 5.32 Å². The second kappa shape index (κ2) is 6.72. The molecule has 2 aromatic rings. The SMILES string of the molecule is COC(=O)c1ccc(CN[C@@H](c2cccs2)C(C)C)o1. The quantitative estimate of drug-likeness (QED) is 0.827. The highest BCUT2D eigenvalue weighted by Gasteiger charge is 2.17. The smallest absolute Gasteiger partial charge is 0.373 e. The van der Waals surface area contributed by atoms with Gasteiger partial charge in [-0.3, -0.25) is 0 Å². The number of ether oxygens (including phenoxy) is 1. The standard InChI is InChI=1S/C15H19NO3S/c1-10(2)14(13-5-4-8-20-13)16-9-11-6-7-12(19-11)15(17)18-3/h4-8,10,14,16H,9H2,1-3H3/t14-/m1/s1. The minimum Gasteiger partial charge on any atom is -0.463 e. The molecule has 0 aliphatic rings. The summed E-state index contributed by atoms with van der Waals surface area (Å²) in [6.07, 6.45) is 0. The maximum absolute atomic E-state index is 11.3. The highest BCUT2D eigenvalue weighted by atomic mass is 32.1. The van der Waals surface area contributed by atoms with Gasteiger partial charge in [0.2, 0.25) is 5.76 Å². The van der Waals surface area contributed by atoms with Gasteiger partial charge in [-0.1, -0.05) is 19.9 Å². The monoisotopic (exact) mass is 293 g/mol. The Morgan fingerprint density at radius 2 is 2.20 bits per heavy atom. The van der Waals surface area contributed by atoms with Gasteiger partial charge in [0.1, 0.15) is 5.76 Å². The Balaban J connectivity index is 1.99. The molecule has 0 aliphatic carbocycles. The van der Waals surface area contributed by atoms with Crippen LogP contribution in [0.2, 0.25) is 0 Å². The van der Waals surface area contributed by atoms with Crippen LogP contribution in [0.1, 0.15) is 41.1 Å². The molecule has 2 aromatic heterocycles. The van der Waals surface area contributed by atoms with Crippen LogP contribution in [0.4, 0.5) is 0 Å². The van der Waals surface area contributed by atoms with Crippen LogP contribution in [0.15, 0.2) is 34.1 Å². The molecule has 1 N–H and O–H groups in total. The number of nitrogens with one attached hydrogen (secondary N) is 1. The molecule has 0 saturated carbocycles. The molecule has 0 bridgehead atoms. The third-order valence-corrected chi connectivity index (χ3v) is 4.02. The summed E-state index contributed by atoms with van der Waals surface area (Å²) in [6.45, 7) is 4.94. The van der Waals surface area contributed by atoms with Crippen molar-refractivity contribution < 1.29 is 13.9 Å². The molecule has 0 spiro atoms. The molecule has 0 radical (unpaired) electrons. The predicted octanol–water partition coefficient (Wildman–Crippen LogP) is 3.61. The summed E-state index contributed by atoms with van der Waals surface area (Å²) in [4.78, 5) is 12.6. The van der Waals surface area contributed by atoms with E-state index in [9.17, 15) is 4.79 Å². The van der Waals surface area contributed by atoms with Crippen LogP contribution in [0.5, 0.6) is 0 Å². The molecule has 20 heavy (non-hydrogen) atoms. The Morgan fingerprint density at radius 1 is 1.40 bits per heavy atom. The summed E-state index contributed by atoms with van der Waals surface area (Å²) >= 11 is 1.74. The summed E-state index contributed by atoms with van der Waals surface area (Å²) in [5.74, 6) is 0.993. The van der Waals surface area contributed by atoms with E-state index in [4.69, 9.17) is 4.42 Å². The number of methoxy groups -OCH3 is 1. The van der Waals surface area contributed by atoms with E-state index in [0.717, 1.165) is 5.76 Å². The third-order valence-electron chi connectivity index (χ3n) is 3.06. The Morgan fingerprint density at radius 3 is 2.80 bits per heavy atom. The number of thiophene rings is 1. The zero-order valence-electron chi connectivity index (χ0n) is 11.9. The molecular formula is C15H19NO3S. The first kappa shape index (κ1) is 14.8. The average Bonchev–Trinajstić information content (AvgIpc) is 3.09. The maximum atomic E-state index is 11.3.